The minimum atomic E-state index is 0.346. The first-order chi connectivity index (χ1) is 10.7. The highest BCUT2D eigenvalue weighted by molar-refractivity contribution is 7.99. The van der Waals surface area contributed by atoms with Crippen LogP contribution in [0.2, 0.25) is 0 Å². The topological polar surface area (TPSA) is 61.4 Å². The highest BCUT2D eigenvalue weighted by Crippen LogP contribution is 2.18. The quantitative estimate of drug-likeness (QED) is 0.655. The van der Waals surface area contributed by atoms with Gasteiger partial charge < -0.3 is 0 Å². The zero-order valence-corrected chi connectivity index (χ0v) is 13.4. The third kappa shape index (κ3) is 3.54. The van der Waals surface area contributed by atoms with Crippen LogP contribution in [0.1, 0.15) is 19.9 Å². The zero-order valence-electron chi connectivity index (χ0n) is 12.6. The number of thioether (sulfide) groups is 1. The molecule has 114 valence electrons. The van der Waals surface area contributed by atoms with Gasteiger partial charge in [-0.2, -0.15) is 5.10 Å². The molecule has 3 aromatic heterocycles. The lowest BCUT2D eigenvalue weighted by atomic mass is 10.3. The fourth-order valence-electron chi connectivity index (χ4n) is 1.97. The van der Waals surface area contributed by atoms with Crippen LogP contribution in [0.5, 0.6) is 0 Å². The highest BCUT2D eigenvalue weighted by atomic mass is 32.2. The number of rotatable bonds is 6. The van der Waals surface area contributed by atoms with Gasteiger partial charge in [-0.1, -0.05) is 11.3 Å². The molecule has 0 unspecified atom stereocenters. The first-order valence-corrected chi connectivity index (χ1v) is 8.19. The summed E-state index contributed by atoms with van der Waals surface area (Å²) in [6.07, 6.45) is 7.60. The maximum absolute atomic E-state index is 4.33. The summed E-state index contributed by atoms with van der Waals surface area (Å²) in [5.74, 6) is 0.908. The van der Waals surface area contributed by atoms with E-state index in [1.807, 2.05) is 52.4 Å². The fraction of sp³-hybridized carbons (Fsp3) is 0.333. The average Bonchev–Trinajstić information content (AvgIpc) is 3.17. The Morgan fingerprint density at radius 2 is 2.14 bits per heavy atom. The molecule has 0 atom stereocenters. The minimum Gasteiger partial charge on any atom is -0.270 e. The van der Waals surface area contributed by atoms with E-state index in [9.17, 15) is 0 Å². The van der Waals surface area contributed by atoms with Gasteiger partial charge in [0.15, 0.2) is 0 Å². The van der Waals surface area contributed by atoms with E-state index in [0.29, 0.717) is 6.04 Å². The molecular formula is C15H18N6S. The van der Waals surface area contributed by atoms with Gasteiger partial charge in [-0.05, 0) is 26.0 Å². The van der Waals surface area contributed by atoms with E-state index in [1.54, 1.807) is 11.8 Å². The lowest BCUT2D eigenvalue weighted by molar-refractivity contribution is 0.532. The first kappa shape index (κ1) is 14.8. The van der Waals surface area contributed by atoms with Gasteiger partial charge in [0.2, 0.25) is 0 Å². The maximum atomic E-state index is 4.33. The molecular weight excluding hydrogens is 296 g/mol. The number of nitrogens with zero attached hydrogens (tertiary/aromatic N) is 6. The lowest BCUT2D eigenvalue weighted by Gasteiger charge is -2.02. The molecule has 7 heteroatoms. The van der Waals surface area contributed by atoms with Gasteiger partial charge in [0.1, 0.15) is 5.69 Å². The predicted octanol–water partition coefficient (Wildman–Crippen LogP) is 2.91. The molecule has 0 saturated heterocycles. The van der Waals surface area contributed by atoms with Gasteiger partial charge >= 0.3 is 0 Å². The number of hydrogen-bond acceptors (Lipinski definition) is 5. The third-order valence-corrected chi connectivity index (χ3v) is 4.10. The molecule has 3 aromatic rings. The second kappa shape index (κ2) is 6.74. The summed E-state index contributed by atoms with van der Waals surface area (Å²) < 4.78 is 3.78. The molecule has 0 aliphatic heterocycles. The van der Waals surface area contributed by atoms with Gasteiger partial charge in [0.05, 0.1) is 24.0 Å². The highest BCUT2D eigenvalue weighted by Gasteiger charge is 2.08. The maximum Gasteiger partial charge on any atom is 0.116 e. The second-order valence-corrected chi connectivity index (χ2v) is 6.30. The van der Waals surface area contributed by atoms with Gasteiger partial charge in [-0.25, -0.2) is 4.98 Å². The van der Waals surface area contributed by atoms with Crippen molar-refractivity contribution in [2.45, 2.75) is 31.5 Å². The SMILES string of the molecule is CC(C)n1cc(-c2cn(CCSc3ccccn3)nn2)cn1. The number of aromatic nitrogens is 6. The smallest absolute Gasteiger partial charge is 0.116 e. The van der Waals surface area contributed by atoms with Crippen LogP contribution in [0.25, 0.3) is 11.3 Å². The molecule has 0 fully saturated rings. The number of pyridine rings is 1. The van der Waals surface area contributed by atoms with Crippen molar-refractivity contribution in [1.29, 1.82) is 0 Å². The first-order valence-electron chi connectivity index (χ1n) is 7.21. The van der Waals surface area contributed by atoms with Crippen LogP contribution in [0, 0.1) is 0 Å². The molecule has 0 aliphatic rings. The normalized spacial score (nSPS) is 11.2. The Kier molecular flexibility index (Phi) is 4.53. The van der Waals surface area contributed by atoms with Crippen LogP contribution in [0.4, 0.5) is 0 Å². The van der Waals surface area contributed by atoms with Crippen LogP contribution >= 0.6 is 11.8 Å². The summed E-state index contributed by atoms with van der Waals surface area (Å²) >= 11 is 1.71. The average molecular weight is 314 g/mol. The van der Waals surface area contributed by atoms with Crippen LogP contribution in [0.15, 0.2) is 48.0 Å². The van der Waals surface area contributed by atoms with Crippen molar-refractivity contribution < 1.29 is 0 Å². The molecule has 22 heavy (non-hydrogen) atoms. The fourth-order valence-corrected chi connectivity index (χ4v) is 2.77. The zero-order chi connectivity index (χ0) is 15.4. The molecule has 0 aliphatic carbocycles. The summed E-state index contributed by atoms with van der Waals surface area (Å²) in [4.78, 5) is 4.29. The Hall–Kier alpha value is -2.15. The Morgan fingerprint density at radius 3 is 2.86 bits per heavy atom. The Bertz CT molecular complexity index is 718. The molecule has 0 saturated carbocycles. The van der Waals surface area contributed by atoms with Crippen molar-refractivity contribution in [1.82, 2.24) is 29.8 Å². The molecule has 0 radical (unpaired) electrons. The number of aryl methyl sites for hydroxylation is 1. The summed E-state index contributed by atoms with van der Waals surface area (Å²) in [7, 11) is 0. The second-order valence-electron chi connectivity index (χ2n) is 5.19. The van der Waals surface area contributed by atoms with Gasteiger partial charge in [-0.15, -0.1) is 16.9 Å². The van der Waals surface area contributed by atoms with Crippen molar-refractivity contribution >= 4 is 11.8 Å². The summed E-state index contributed by atoms with van der Waals surface area (Å²) in [5.41, 5.74) is 1.85. The summed E-state index contributed by atoms with van der Waals surface area (Å²) in [6, 6.07) is 6.27. The Labute approximate surface area is 133 Å². The minimum absolute atomic E-state index is 0.346. The van der Waals surface area contributed by atoms with Crippen molar-refractivity contribution in [2.24, 2.45) is 0 Å². The van der Waals surface area contributed by atoms with E-state index in [4.69, 9.17) is 0 Å². The molecule has 6 nitrogen and oxygen atoms in total. The van der Waals surface area contributed by atoms with Crippen LogP contribution < -0.4 is 0 Å². The van der Waals surface area contributed by atoms with E-state index in [-0.39, 0.29) is 0 Å². The number of hydrogen-bond donors (Lipinski definition) is 0. The van der Waals surface area contributed by atoms with Crippen LogP contribution in [-0.4, -0.2) is 35.5 Å². The molecule has 0 bridgehead atoms. The van der Waals surface area contributed by atoms with E-state index in [2.05, 4.69) is 34.2 Å². The van der Waals surface area contributed by atoms with Crippen molar-refractivity contribution in [3.8, 4) is 11.3 Å². The van der Waals surface area contributed by atoms with E-state index in [1.165, 1.54) is 0 Å². The molecule has 0 N–H and O–H groups in total. The summed E-state index contributed by atoms with van der Waals surface area (Å²) in [6.45, 7) is 5.00. The summed E-state index contributed by atoms with van der Waals surface area (Å²) in [5, 5.41) is 13.8. The Morgan fingerprint density at radius 1 is 1.23 bits per heavy atom. The Balaban J connectivity index is 1.59. The van der Waals surface area contributed by atoms with E-state index >= 15 is 0 Å². The largest absolute Gasteiger partial charge is 0.270 e. The lowest BCUT2D eigenvalue weighted by Crippen LogP contribution is -2.01. The van der Waals surface area contributed by atoms with Crippen LogP contribution in [0.3, 0.4) is 0 Å². The standard InChI is InChI=1S/C15H18N6S/c1-12(2)21-10-13(9-17-21)14-11-20(19-18-14)7-8-22-15-5-3-4-6-16-15/h3-6,9-12H,7-8H2,1-2H3. The van der Waals surface area contributed by atoms with Crippen molar-refractivity contribution in [2.75, 3.05) is 5.75 Å². The van der Waals surface area contributed by atoms with Crippen molar-refractivity contribution in [3.05, 3.63) is 43.0 Å². The monoisotopic (exact) mass is 314 g/mol. The molecule has 3 rings (SSSR count). The predicted molar refractivity (Wildman–Crippen MR) is 86.6 cm³/mol. The van der Waals surface area contributed by atoms with E-state index in [0.717, 1.165) is 28.6 Å². The molecule has 3 heterocycles. The van der Waals surface area contributed by atoms with Crippen molar-refractivity contribution in [3.63, 3.8) is 0 Å². The third-order valence-electron chi connectivity index (χ3n) is 3.17. The van der Waals surface area contributed by atoms with Gasteiger partial charge in [0.25, 0.3) is 0 Å². The van der Waals surface area contributed by atoms with Gasteiger partial charge in [0, 0.05) is 29.8 Å². The molecule has 0 aromatic carbocycles. The molecule has 0 amide bonds. The van der Waals surface area contributed by atoms with Crippen LogP contribution in [-0.2, 0) is 6.54 Å². The van der Waals surface area contributed by atoms with E-state index < -0.39 is 0 Å². The molecule has 0 spiro atoms. The van der Waals surface area contributed by atoms with Gasteiger partial charge in [-0.3, -0.25) is 9.36 Å².